The van der Waals surface area contributed by atoms with Gasteiger partial charge in [-0.2, -0.15) is 9.59 Å². The lowest BCUT2D eigenvalue weighted by atomic mass is 9.99. The van der Waals surface area contributed by atoms with E-state index in [0.29, 0.717) is 17.9 Å². The van der Waals surface area contributed by atoms with E-state index in [1.807, 2.05) is 7.05 Å². The van der Waals surface area contributed by atoms with Gasteiger partial charge in [0.15, 0.2) is 5.78 Å². The summed E-state index contributed by atoms with van der Waals surface area (Å²) in [5.74, 6) is 1.35. The number of carbonyl (C=O) groups is 2. The maximum absolute atomic E-state index is 12.2. The molecule has 7 nitrogen and oxygen atoms in total. The fourth-order valence-electron chi connectivity index (χ4n) is 2.19. The van der Waals surface area contributed by atoms with Gasteiger partial charge in [0.2, 0.25) is 0 Å². The van der Waals surface area contributed by atoms with Crippen molar-refractivity contribution < 1.29 is 24.3 Å². The van der Waals surface area contributed by atoms with Gasteiger partial charge >= 0.3 is 12.1 Å². The van der Waals surface area contributed by atoms with Crippen LogP contribution < -0.4 is 10.6 Å². The first-order valence-electron chi connectivity index (χ1n) is 9.21. The van der Waals surface area contributed by atoms with E-state index in [2.05, 4.69) is 24.5 Å². The Labute approximate surface area is 170 Å². The van der Waals surface area contributed by atoms with E-state index >= 15 is 0 Å². The number of rotatable bonds is 16. The molecule has 3 N–H and O–H groups in total. The lowest BCUT2D eigenvalue weighted by molar-refractivity contribution is -0.191. The average molecular weight is 423 g/mol. The number of hydrogen-bond acceptors (Lipinski definition) is 8. The van der Waals surface area contributed by atoms with Gasteiger partial charge in [0, 0.05) is 17.9 Å². The van der Waals surface area contributed by atoms with Crippen LogP contribution in [0.25, 0.3) is 0 Å². The van der Waals surface area contributed by atoms with Crippen LogP contribution in [0.3, 0.4) is 0 Å². The van der Waals surface area contributed by atoms with Crippen LogP contribution >= 0.6 is 21.6 Å². The largest absolute Gasteiger partial charge is 0.480 e. The molecule has 0 spiro atoms. The highest BCUT2D eigenvalue weighted by molar-refractivity contribution is 8.76. The van der Waals surface area contributed by atoms with Gasteiger partial charge in [-0.15, -0.1) is 0 Å². The molecule has 0 bridgehead atoms. The number of aliphatic carboxylic acids is 1. The van der Waals surface area contributed by atoms with Crippen molar-refractivity contribution in [2.45, 2.75) is 64.5 Å². The summed E-state index contributed by atoms with van der Waals surface area (Å²) < 4.78 is 0. The zero-order valence-corrected chi connectivity index (χ0v) is 18.4. The summed E-state index contributed by atoms with van der Waals surface area (Å²) in [7, 11) is 6.50. The molecule has 0 saturated heterocycles. The third-order valence-electron chi connectivity index (χ3n) is 4.25. The number of unbranched alkanes of at least 4 members (excludes halogenated alkanes) is 2. The second kappa shape index (κ2) is 19.9. The van der Waals surface area contributed by atoms with E-state index in [-0.39, 0.29) is 18.0 Å². The Bertz CT molecular complexity index is 432. The van der Waals surface area contributed by atoms with Crippen molar-refractivity contribution in [3.63, 3.8) is 0 Å². The van der Waals surface area contributed by atoms with Crippen LogP contribution in [0.5, 0.6) is 0 Å². The van der Waals surface area contributed by atoms with Gasteiger partial charge in [-0.1, -0.05) is 61.1 Å². The summed E-state index contributed by atoms with van der Waals surface area (Å²) in [6.07, 6.45) is 6.65. The molecule has 0 aromatic carbocycles. The molecule has 27 heavy (non-hydrogen) atoms. The number of carboxylic acid groups (broad SMARTS) is 1. The zero-order valence-electron chi connectivity index (χ0n) is 16.8. The maximum atomic E-state index is 12.2. The number of nitrogens with one attached hydrogen (secondary N) is 2. The highest BCUT2D eigenvalue weighted by atomic mass is 33.1. The van der Waals surface area contributed by atoms with Gasteiger partial charge in [0.05, 0.1) is 6.04 Å². The van der Waals surface area contributed by atoms with Gasteiger partial charge in [-0.05, 0) is 26.4 Å². The van der Waals surface area contributed by atoms with E-state index in [0.717, 1.165) is 18.8 Å². The van der Waals surface area contributed by atoms with Crippen LogP contribution in [0, 0.1) is 5.92 Å². The zero-order chi connectivity index (χ0) is 21.1. The van der Waals surface area contributed by atoms with Crippen molar-refractivity contribution in [3.8, 4) is 0 Å². The summed E-state index contributed by atoms with van der Waals surface area (Å²) in [5.41, 5.74) is 0. The standard InChI is InChI=1S/C17H34N2O3S2.CO2/c1-5-13(2)9-7-6-8-10-16(20)14(18-3)11-23-24-12-15(19-4)17(21)22;2-1-3/h13-15,18-19H,5-12H2,1-4H3,(H,21,22);/t13-,14+,15+;/m1./s1. The normalized spacial score (nSPS) is 13.6. The second-order valence-electron chi connectivity index (χ2n) is 6.25. The average Bonchev–Trinajstić information content (AvgIpc) is 2.64. The van der Waals surface area contributed by atoms with Crippen molar-refractivity contribution in [1.82, 2.24) is 10.6 Å². The van der Waals surface area contributed by atoms with Crippen LogP contribution in [0.4, 0.5) is 0 Å². The Morgan fingerprint density at radius 1 is 1.00 bits per heavy atom. The topological polar surface area (TPSA) is 113 Å². The van der Waals surface area contributed by atoms with Crippen molar-refractivity contribution >= 4 is 39.5 Å². The lowest BCUT2D eigenvalue weighted by Gasteiger charge is -2.15. The first kappa shape index (κ1) is 28.4. The summed E-state index contributed by atoms with van der Waals surface area (Å²) >= 11 is 0. The van der Waals surface area contributed by atoms with E-state index in [9.17, 15) is 9.59 Å². The molecule has 0 heterocycles. The monoisotopic (exact) mass is 422 g/mol. The SMILES string of the molecule is CC[C@@H](C)CCCCCC(=O)[C@H](CSSC[C@H](NC)C(=O)O)NC.O=C=O. The number of ketones is 1. The lowest BCUT2D eigenvalue weighted by Crippen LogP contribution is -2.37. The smallest absolute Gasteiger partial charge is 0.373 e. The minimum Gasteiger partial charge on any atom is -0.480 e. The molecule has 0 unspecified atom stereocenters. The summed E-state index contributed by atoms with van der Waals surface area (Å²) in [6, 6.07) is -0.688. The van der Waals surface area contributed by atoms with E-state index in [1.165, 1.54) is 30.1 Å². The molecular formula is C18H34N2O5S2. The molecular weight excluding hydrogens is 388 g/mol. The summed E-state index contributed by atoms with van der Waals surface area (Å²) in [5, 5.41) is 14.8. The molecule has 0 aliphatic rings. The van der Waals surface area contributed by atoms with Gasteiger partial charge in [-0.3, -0.25) is 9.59 Å². The van der Waals surface area contributed by atoms with Crippen molar-refractivity contribution in [2.75, 3.05) is 25.6 Å². The highest BCUT2D eigenvalue weighted by Crippen LogP contribution is 2.23. The van der Waals surface area contributed by atoms with Crippen molar-refractivity contribution in [3.05, 3.63) is 0 Å². The molecule has 0 aliphatic carbocycles. The minimum absolute atomic E-state index is 0.144. The molecule has 0 amide bonds. The Morgan fingerprint density at radius 3 is 1.96 bits per heavy atom. The highest BCUT2D eigenvalue weighted by Gasteiger charge is 2.18. The van der Waals surface area contributed by atoms with Crippen LogP contribution in [0.15, 0.2) is 0 Å². The Kier molecular flexibility index (Phi) is 20.9. The van der Waals surface area contributed by atoms with Crippen LogP contribution in [0.1, 0.15) is 52.4 Å². The molecule has 158 valence electrons. The molecule has 0 aromatic heterocycles. The second-order valence-corrected chi connectivity index (χ2v) is 8.80. The number of likely N-dealkylation sites (N-methyl/N-ethyl adjacent to an activating group) is 2. The Morgan fingerprint density at radius 2 is 1.52 bits per heavy atom. The molecule has 0 radical (unpaired) electrons. The molecule has 9 heteroatoms. The van der Waals surface area contributed by atoms with Gasteiger partial charge in [0.1, 0.15) is 6.04 Å². The molecule has 0 saturated carbocycles. The van der Waals surface area contributed by atoms with Crippen LogP contribution in [-0.2, 0) is 19.2 Å². The van der Waals surface area contributed by atoms with Crippen molar-refractivity contribution in [1.29, 1.82) is 0 Å². The van der Waals surface area contributed by atoms with Crippen LogP contribution in [0.2, 0.25) is 0 Å². The quantitative estimate of drug-likeness (QED) is 0.255. The van der Waals surface area contributed by atoms with E-state index < -0.39 is 12.0 Å². The predicted octanol–water partition coefficient (Wildman–Crippen LogP) is 2.61. The molecule has 3 atom stereocenters. The maximum Gasteiger partial charge on any atom is 0.373 e. The Hall–Kier alpha value is -0.860. The van der Waals surface area contributed by atoms with Gasteiger partial charge in [0.25, 0.3) is 0 Å². The predicted molar refractivity (Wildman–Crippen MR) is 111 cm³/mol. The molecule has 0 rings (SSSR count). The number of carboxylic acids is 1. The molecule has 0 aromatic rings. The van der Waals surface area contributed by atoms with Crippen LogP contribution in [-0.4, -0.2) is 60.7 Å². The van der Waals surface area contributed by atoms with E-state index in [4.69, 9.17) is 14.7 Å². The first-order chi connectivity index (χ1) is 12.9. The minimum atomic E-state index is -0.843. The number of carbonyl (C=O) groups excluding carboxylic acids is 3. The fraction of sp³-hybridized carbons (Fsp3) is 0.833. The van der Waals surface area contributed by atoms with Gasteiger partial charge < -0.3 is 15.7 Å². The van der Waals surface area contributed by atoms with E-state index in [1.54, 1.807) is 17.8 Å². The number of hydrogen-bond donors (Lipinski definition) is 3. The third kappa shape index (κ3) is 17.0. The molecule has 0 aliphatic heterocycles. The third-order valence-corrected chi connectivity index (χ3v) is 6.68. The molecule has 0 fully saturated rings. The summed E-state index contributed by atoms with van der Waals surface area (Å²) in [4.78, 5) is 39.4. The van der Waals surface area contributed by atoms with Crippen molar-refractivity contribution in [2.24, 2.45) is 5.92 Å². The Balaban J connectivity index is 0. The summed E-state index contributed by atoms with van der Waals surface area (Å²) in [6.45, 7) is 4.50. The first-order valence-corrected chi connectivity index (χ1v) is 11.7. The fourth-order valence-corrected chi connectivity index (χ4v) is 4.72. The number of Topliss-reactive ketones (excluding diaryl/α,β-unsaturated/α-hetero) is 1. The van der Waals surface area contributed by atoms with Gasteiger partial charge in [-0.25, -0.2) is 0 Å².